The SMILES string of the molecule is CC1c2ccsc2CCN1CC1CO1. The minimum absolute atomic E-state index is 0.526. The molecule has 3 heteroatoms. The van der Waals surface area contributed by atoms with Crippen LogP contribution in [0.5, 0.6) is 0 Å². The highest BCUT2D eigenvalue weighted by Crippen LogP contribution is 2.33. The maximum Gasteiger partial charge on any atom is 0.0936 e. The summed E-state index contributed by atoms with van der Waals surface area (Å²) in [6.45, 7) is 5.61. The van der Waals surface area contributed by atoms with Gasteiger partial charge in [-0.05, 0) is 30.4 Å². The monoisotopic (exact) mass is 209 g/mol. The number of nitrogens with zero attached hydrogens (tertiary/aromatic N) is 1. The molecule has 1 fully saturated rings. The normalized spacial score (nSPS) is 31.5. The Morgan fingerprint density at radius 1 is 1.64 bits per heavy atom. The van der Waals surface area contributed by atoms with Gasteiger partial charge in [-0.2, -0.15) is 0 Å². The van der Waals surface area contributed by atoms with Crippen molar-refractivity contribution in [1.82, 2.24) is 4.90 Å². The van der Waals surface area contributed by atoms with E-state index in [0.29, 0.717) is 12.1 Å². The number of ether oxygens (including phenoxy) is 1. The number of hydrogen-bond acceptors (Lipinski definition) is 3. The second kappa shape index (κ2) is 3.33. The van der Waals surface area contributed by atoms with Gasteiger partial charge in [0.25, 0.3) is 0 Å². The van der Waals surface area contributed by atoms with Crippen molar-refractivity contribution in [3.63, 3.8) is 0 Å². The van der Waals surface area contributed by atoms with Gasteiger partial charge in [0.1, 0.15) is 0 Å². The average molecular weight is 209 g/mol. The molecule has 0 bridgehead atoms. The van der Waals surface area contributed by atoms with E-state index in [-0.39, 0.29) is 0 Å². The van der Waals surface area contributed by atoms with E-state index in [4.69, 9.17) is 4.74 Å². The van der Waals surface area contributed by atoms with Gasteiger partial charge in [0, 0.05) is 24.0 Å². The zero-order chi connectivity index (χ0) is 9.54. The third-order valence-corrected chi connectivity index (χ3v) is 4.24. The van der Waals surface area contributed by atoms with Gasteiger partial charge in [-0.15, -0.1) is 11.3 Å². The molecule has 14 heavy (non-hydrogen) atoms. The third-order valence-electron chi connectivity index (χ3n) is 3.24. The van der Waals surface area contributed by atoms with E-state index in [1.165, 1.54) is 13.0 Å². The Kier molecular flexibility index (Phi) is 2.11. The van der Waals surface area contributed by atoms with Crippen molar-refractivity contribution in [2.75, 3.05) is 19.7 Å². The molecule has 0 aromatic carbocycles. The predicted octanol–water partition coefficient (Wildman–Crippen LogP) is 2.07. The number of thiophene rings is 1. The molecule has 0 radical (unpaired) electrons. The molecule has 2 aliphatic rings. The summed E-state index contributed by atoms with van der Waals surface area (Å²) in [6.07, 6.45) is 1.75. The zero-order valence-electron chi connectivity index (χ0n) is 8.40. The van der Waals surface area contributed by atoms with Crippen LogP contribution in [0.4, 0.5) is 0 Å². The molecule has 3 heterocycles. The summed E-state index contributed by atoms with van der Waals surface area (Å²) in [4.78, 5) is 4.14. The van der Waals surface area contributed by atoms with E-state index in [0.717, 1.165) is 13.2 Å². The van der Waals surface area contributed by atoms with Gasteiger partial charge in [0.05, 0.1) is 12.7 Å². The molecule has 0 amide bonds. The van der Waals surface area contributed by atoms with Gasteiger partial charge < -0.3 is 4.74 Å². The van der Waals surface area contributed by atoms with Gasteiger partial charge >= 0.3 is 0 Å². The highest BCUT2D eigenvalue weighted by Gasteiger charge is 2.31. The Hall–Kier alpha value is -0.380. The first-order chi connectivity index (χ1) is 6.84. The Balaban J connectivity index is 1.78. The van der Waals surface area contributed by atoms with Crippen LogP contribution in [-0.2, 0) is 11.2 Å². The van der Waals surface area contributed by atoms with Crippen LogP contribution in [0.3, 0.4) is 0 Å². The Bertz CT molecular complexity index is 332. The van der Waals surface area contributed by atoms with E-state index in [2.05, 4.69) is 23.3 Å². The minimum Gasteiger partial charge on any atom is -0.372 e. The van der Waals surface area contributed by atoms with Crippen LogP contribution in [0.2, 0.25) is 0 Å². The third kappa shape index (κ3) is 1.49. The van der Waals surface area contributed by atoms with Crippen molar-refractivity contribution >= 4 is 11.3 Å². The second-order valence-corrected chi connectivity index (χ2v) is 5.18. The van der Waals surface area contributed by atoms with E-state index in [9.17, 15) is 0 Å². The van der Waals surface area contributed by atoms with Crippen LogP contribution in [-0.4, -0.2) is 30.7 Å². The van der Waals surface area contributed by atoms with E-state index >= 15 is 0 Å². The smallest absolute Gasteiger partial charge is 0.0936 e. The van der Waals surface area contributed by atoms with E-state index in [1.807, 2.05) is 11.3 Å². The lowest BCUT2D eigenvalue weighted by atomic mass is 10.0. The molecule has 0 N–H and O–H groups in total. The van der Waals surface area contributed by atoms with Crippen molar-refractivity contribution in [2.45, 2.75) is 25.5 Å². The van der Waals surface area contributed by atoms with Gasteiger partial charge in [0.15, 0.2) is 0 Å². The summed E-state index contributed by atoms with van der Waals surface area (Å²) in [6, 6.07) is 2.87. The van der Waals surface area contributed by atoms with Crippen LogP contribution in [0.1, 0.15) is 23.4 Å². The van der Waals surface area contributed by atoms with Crippen LogP contribution in [0, 0.1) is 0 Å². The summed E-state index contributed by atoms with van der Waals surface area (Å²) in [5.74, 6) is 0. The largest absolute Gasteiger partial charge is 0.372 e. The fraction of sp³-hybridized carbons (Fsp3) is 0.636. The molecule has 1 aromatic rings. The molecule has 0 aliphatic carbocycles. The van der Waals surface area contributed by atoms with Crippen LogP contribution in [0.15, 0.2) is 11.4 Å². The Morgan fingerprint density at radius 3 is 3.29 bits per heavy atom. The predicted molar refractivity (Wildman–Crippen MR) is 57.8 cm³/mol. The van der Waals surface area contributed by atoms with E-state index < -0.39 is 0 Å². The fourth-order valence-electron chi connectivity index (χ4n) is 2.25. The molecule has 1 aromatic heterocycles. The topological polar surface area (TPSA) is 15.8 Å². The van der Waals surface area contributed by atoms with Gasteiger partial charge in [0.2, 0.25) is 0 Å². The first kappa shape index (κ1) is 8.89. The van der Waals surface area contributed by atoms with Crippen molar-refractivity contribution in [3.05, 3.63) is 21.9 Å². The second-order valence-electron chi connectivity index (χ2n) is 4.18. The first-order valence-electron chi connectivity index (χ1n) is 5.26. The average Bonchev–Trinajstić information content (AvgIpc) is 2.85. The molecule has 2 unspecified atom stereocenters. The summed E-state index contributed by atoms with van der Waals surface area (Å²) >= 11 is 1.91. The van der Waals surface area contributed by atoms with E-state index in [1.54, 1.807) is 10.4 Å². The molecule has 3 rings (SSSR count). The van der Waals surface area contributed by atoms with Gasteiger partial charge in [-0.3, -0.25) is 4.90 Å². The number of rotatable bonds is 2. The molecule has 0 spiro atoms. The lowest BCUT2D eigenvalue weighted by molar-refractivity contribution is 0.181. The maximum atomic E-state index is 5.29. The number of hydrogen-bond donors (Lipinski definition) is 0. The van der Waals surface area contributed by atoms with Crippen molar-refractivity contribution in [3.8, 4) is 0 Å². The maximum absolute atomic E-state index is 5.29. The lowest BCUT2D eigenvalue weighted by Gasteiger charge is -2.33. The summed E-state index contributed by atoms with van der Waals surface area (Å²) < 4.78 is 5.29. The van der Waals surface area contributed by atoms with Gasteiger partial charge in [-0.25, -0.2) is 0 Å². The summed E-state index contributed by atoms with van der Waals surface area (Å²) in [7, 11) is 0. The molecule has 2 nitrogen and oxygen atoms in total. The first-order valence-corrected chi connectivity index (χ1v) is 6.14. The number of epoxide rings is 1. The van der Waals surface area contributed by atoms with Gasteiger partial charge in [-0.1, -0.05) is 0 Å². The highest BCUT2D eigenvalue weighted by atomic mass is 32.1. The quantitative estimate of drug-likeness (QED) is 0.693. The lowest BCUT2D eigenvalue weighted by Crippen LogP contribution is -2.35. The highest BCUT2D eigenvalue weighted by molar-refractivity contribution is 7.10. The summed E-state index contributed by atoms with van der Waals surface area (Å²) in [5, 5.41) is 2.22. The molecule has 2 aliphatic heterocycles. The molecule has 2 atom stereocenters. The molecule has 0 saturated carbocycles. The summed E-state index contributed by atoms with van der Waals surface area (Å²) in [5.41, 5.74) is 1.54. The number of fused-ring (bicyclic) bond motifs is 1. The van der Waals surface area contributed by atoms with Crippen molar-refractivity contribution in [1.29, 1.82) is 0 Å². The zero-order valence-corrected chi connectivity index (χ0v) is 9.22. The Labute approximate surface area is 88.5 Å². The molecule has 1 saturated heterocycles. The molecule has 76 valence electrons. The van der Waals surface area contributed by atoms with Crippen LogP contribution < -0.4 is 0 Å². The standard InChI is InChI=1S/C11H15NOS/c1-8-10-3-5-14-11(10)2-4-12(8)6-9-7-13-9/h3,5,8-9H,2,4,6-7H2,1H3. The van der Waals surface area contributed by atoms with Crippen molar-refractivity contribution < 1.29 is 4.74 Å². The van der Waals surface area contributed by atoms with Crippen LogP contribution >= 0.6 is 11.3 Å². The minimum atomic E-state index is 0.526. The van der Waals surface area contributed by atoms with Crippen molar-refractivity contribution in [2.24, 2.45) is 0 Å². The Morgan fingerprint density at radius 2 is 2.50 bits per heavy atom. The molecular weight excluding hydrogens is 194 g/mol. The fourth-order valence-corrected chi connectivity index (χ4v) is 3.21. The molecular formula is C11H15NOS. The van der Waals surface area contributed by atoms with Crippen LogP contribution in [0.25, 0.3) is 0 Å².